The zero-order valence-electron chi connectivity index (χ0n) is 16.6. The van der Waals surface area contributed by atoms with E-state index < -0.39 is 0 Å². The maximum Gasteiger partial charge on any atom is 0.200 e. The van der Waals surface area contributed by atoms with Crippen molar-refractivity contribution in [3.63, 3.8) is 0 Å². The summed E-state index contributed by atoms with van der Waals surface area (Å²) >= 11 is 0. The Hall–Kier alpha value is -2.36. The van der Waals surface area contributed by atoms with Crippen LogP contribution in [0.2, 0.25) is 0 Å². The van der Waals surface area contributed by atoms with E-state index in [0.717, 1.165) is 17.6 Å². The second-order valence-electron chi connectivity index (χ2n) is 7.77. The molecule has 1 unspecified atom stereocenters. The van der Waals surface area contributed by atoms with Gasteiger partial charge in [0.25, 0.3) is 0 Å². The van der Waals surface area contributed by atoms with Crippen LogP contribution in [-0.4, -0.2) is 19.0 Å². The number of benzene rings is 3. The highest BCUT2D eigenvalue weighted by atomic mass is 16.7. The van der Waals surface area contributed by atoms with Gasteiger partial charge in [-0.15, -0.1) is 0 Å². The van der Waals surface area contributed by atoms with E-state index in [1.807, 2.05) is 42.5 Å². The molecule has 3 heteroatoms. The molecule has 0 amide bonds. The van der Waals surface area contributed by atoms with E-state index in [1.54, 1.807) is 0 Å². The minimum absolute atomic E-state index is 0.0347. The molecule has 1 aliphatic heterocycles. The van der Waals surface area contributed by atoms with Crippen molar-refractivity contribution in [3.8, 4) is 5.75 Å². The summed E-state index contributed by atoms with van der Waals surface area (Å²) in [5, 5.41) is 2.30. The van der Waals surface area contributed by atoms with Gasteiger partial charge in [0.15, 0.2) is 0 Å². The standard InChI is InChI=1S/C25H28O3/c1-18-15-25(27-23-14-8-12-21-11-6-7-13-22(21)23)28-24(19(18)2)17-26-16-20-9-4-3-5-10-20/h3-14,18-19,24-25H,15-17H2,1-2H3/t18-,19+,24?,25-/m1/s1. The third-order valence-electron chi connectivity index (χ3n) is 5.78. The van der Waals surface area contributed by atoms with E-state index in [4.69, 9.17) is 14.2 Å². The van der Waals surface area contributed by atoms with Crippen LogP contribution in [0.25, 0.3) is 10.8 Å². The largest absolute Gasteiger partial charge is 0.464 e. The first-order chi connectivity index (χ1) is 13.7. The van der Waals surface area contributed by atoms with E-state index in [9.17, 15) is 0 Å². The molecule has 0 spiro atoms. The molecule has 146 valence electrons. The van der Waals surface area contributed by atoms with Crippen LogP contribution in [0.1, 0.15) is 25.8 Å². The summed E-state index contributed by atoms with van der Waals surface area (Å²) in [6, 6.07) is 24.7. The highest BCUT2D eigenvalue weighted by Gasteiger charge is 2.35. The Balaban J connectivity index is 1.41. The summed E-state index contributed by atoms with van der Waals surface area (Å²) in [5.41, 5.74) is 1.18. The van der Waals surface area contributed by atoms with Crippen LogP contribution in [0.4, 0.5) is 0 Å². The molecule has 0 aliphatic carbocycles. The first-order valence-corrected chi connectivity index (χ1v) is 10.1. The summed E-state index contributed by atoms with van der Waals surface area (Å²) in [6.45, 7) is 5.71. The number of ether oxygens (including phenoxy) is 3. The number of rotatable bonds is 6. The second-order valence-corrected chi connectivity index (χ2v) is 7.77. The van der Waals surface area contributed by atoms with Gasteiger partial charge >= 0.3 is 0 Å². The first-order valence-electron chi connectivity index (χ1n) is 10.1. The van der Waals surface area contributed by atoms with Gasteiger partial charge in [-0.2, -0.15) is 0 Å². The molecule has 3 nitrogen and oxygen atoms in total. The van der Waals surface area contributed by atoms with Crippen LogP contribution >= 0.6 is 0 Å². The van der Waals surface area contributed by atoms with Crippen molar-refractivity contribution in [2.45, 2.75) is 39.3 Å². The topological polar surface area (TPSA) is 27.7 Å². The average molecular weight is 376 g/mol. The summed E-state index contributed by atoms with van der Waals surface area (Å²) in [5.74, 6) is 1.83. The normalized spacial score (nSPS) is 24.9. The lowest BCUT2D eigenvalue weighted by atomic mass is 9.86. The monoisotopic (exact) mass is 376 g/mol. The molecule has 0 radical (unpaired) electrons. The van der Waals surface area contributed by atoms with Gasteiger partial charge in [-0.25, -0.2) is 0 Å². The summed E-state index contributed by atoms with van der Waals surface area (Å²) in [6.07, 6.45) is 0.675. The molecule has 0 bridgehead atoms. The van der Waals surface area contributed by atoms with E-state index in [-0.39, 0.29) is 12.4 Å². The SMILES string of the molecule is C[C@@H]1C[C@H](Oc2cccc3ccccc23)OC(COCc2ccccc2)[C@H]1C. The van der Waals surface area contributed by atoms with Crippen LogP contribution < -0.4 is 4.74 Å². The molecule has 4 rings (SSSR count). The van der Waals surface area contributed by atoms with Crippen LogP contribution in [0.15, 0.2) is 72.8 Å². The molecule has 3 aromatic rings. The van der Waals surface area contributed by atoms with Gasteiger partial charge in [0.1, 0.15) is 5.75 Å². The van der Waals surface area contributed by atoms with E-state index in [1.165, 1.54) is 10.9 Å². The summed E-state index contributed by atoms with van der Waals surface area (Å²) in [4.78, 5) is 0. The van der Waals surface area contributed by atoms with Crippen LogP contribution in [0, 0.1) is 11.8 Å². The molecule has 0 saturated carbocycles. The molecule has 1 aliphatic rings. The van der Waals surface area contributed by atoms with Crippen molar-refractivity contribution in [1.82, 2.24) is 0 Å². The van der Waals surface area contributed by atoms with Gasteiger partial charge in [0, 0.05) is 11.8 Å². The molecule has 0 aromatic heterocycles. The van der Waals surface area contributed by atoms with Crippen LogP contribution in [0.3, 0.4) is 0 Å². The van der Waals surface area contributed by atoms with Crippen molar-refractivity contribution in [1.29, 1.82) is 0 Å². The Morgan fingerprint density at radius 2 is 1.64 bits per heavy atom. The van der Waals surface area contributed by atoms with E-state index >= 15 is 0 Å². The fraction of sp³-hybridized carbons (Fsp3) is 0.360. The quantitative estimate of drug-likeness (QED) is 0.542. The predicted octanol–water partition coefficient (Wildman–Crippen LogP) is 5.82. The molecule has 28 heavy (non-hydrogen) atoms. The fourth-order valence-corrected chi connectivity index (χ4v) is 3.83. The lowest BCUT2D eigenvalue weighted by Gasteiger charge is -2.39. The van der Waals surface area contributed by atoms with Gasteiger partial charge < -0.3 is 14.2 Å². The minimum Gasteiger partial charge on any atom is -0.464 e. The smallest absolute Gasteiger partial charge is 0.200 e. The number of hydrogen-bond acceptors (Lipinski definition) is 3. The first kappa shape index (κ1) is 19.0. The maximum absolute atomic E-state index is 6.31. The van der Waals surface area contributed by atoms with Gasteiger partial charge in [0.05, 0.1) is 19.3 Å². The number of fused-ring (bicyclic) bond motifs is 1. The molecular formula is C25H28O3. The van der Waals surface area contributed by atoms with Gasteiger partial charge in [-0.3, -0.25) is 0 Å². The Labute approximate surface area is 167 Å². The molecule has 1 fully saturated rings. The van der Waals surface area contributed by atoms with Gasteiger partial charge in [-0.05, 0) is 28.9 Å². The Bertz CT molecular complexity index is 887. The predicted molar refractivity (Wildman–Crippen MR) is 112 cm³/mol. The van der Waals surface area contributed by atoms with Crippen molar-refractivity contribution in [2.75, 3.05) is 6.61 Å². The summed E-state index contributed by atoms with van der Waals surface area (Å²) < 4.78 is 18.6. The van der Waals surface area contributed by atoms with E-state index in [2.05, 4.69) is 44.2 Å². The zero-order valence-corrected chi connectivity index (χ0v) is 16.6. The van der Waals surface area contributed by atoms with Crippen molar-refractivity contribution in [2.24, 2.45) is 11.8 Å². The lowest BCUT2D eigenvalue weighted by molar-refractivity contribution is -0.197. The number of hydrogen-bond donors (Lipinski definition) is 0. The Morgan fingerprint density at radius 1 is 0.893 bits per heavy atom. The molecule has 1 heterocycles. The third-order valence-corrected chi connectivity index (χ3v) is 5.78. The molecular weight excluding hydrogens is 348 g/mol. The van der Waals surface area contributed by atoms with Crippen molar-refractivity contribution >= 4 is 10.8 Å². The van der Waals surface area contributed by atoms with Crippen LogP contribution in [-0.2, 0) is 16.1 Å². The maximum atomic E-state index is 6.31. The molecule has 0 N–H and O–H groups in total. The highest BCUT2D eigenvalue weighted by molar-refractivity contribution is 5.88. The Kier molecular flexibility index (Phi) is 5.94. The Morgan fingerprint density at radius 3 is 2.50 bits per heavy atom. The zero-order chi connectivity index (χ0) is 19.3. The minimum atomic E-state index is -0.248. The third kappa shape index (κ3) is 4.37. The highest BCUT2D eigenvalue weighted by Crippen LogP contribution is 2.34. The molecule has 3 aromatic carbocycles. The fourth-order valence-electron chi connectivity index (χ4n) is 3.83. The van der Waals surface area contributed by atoms with Gasteiger partial charge in [-0.1, -0.05) is 80.6 Å². The lowest BCUT2D eigenvalue weighted by Crippen LogP contribution is -2.43. The van der Waals surface area contributed by atoms with Crippen molar-refractivity contribution in [3.05, 3.63) is 78.4 Å². The molecule has 1 saturated heterocycles. The van der Waals surface area contributed by atoms with Crippen LogP contribution in [0.5, 0.6) is 5.75 Å². The molecule has 4 atom stereocenters. The second kappa shape index (κ2) is 8.76. The van der Waals surface area contributed by atoms with Crippen molar-refractivity contribution < 1.29 is 14.2 Å². The van der Waals surface area contributed by atoms with Gasteiger partial charge in [0.2, 0.25) is 6.29 Å². The average Bonchev–Trinajstić information content (AvgIpc) is 2.72. The van der Waals surface area contributed by atoms with E-state index in [0.29, 0.717) is 25.0 Å². The summed E-state index contributed by atoms with van der Waals surface area (Å²) in [7, 11) is 0.